The van der Waals surface area contributed by atoms with Gasteiger partial charge in [-0.2, -0.15) is 0 Å². The van der Waals surface area contributed by atoms with E-state index in [2.05, 4.69) is 12.2 Å². The maximum atomic E-state index is 4.08. The summed E-state index contributed by atoms with van der Waals surface area (Å²) in [7, 11) is 0. The van der Waals surface area contributed by atoms with Crippen molar-refractivity contribution in [3.05, 3.63) is 0 Å². The molecular weight excluding hydrogens is 206 g/mol. The lowest BCUT2D eigenvalue weighted by molar-refractivity contribution is -0.0864. The van der Waals surface area contributed by atoms with Crippen molar-refractivity contribution in [2.75, 3.05) is 0 Å². The maximum Gasteiger partial charge on any atom is 0.0194 e. The molecule has 2 atom stereocenters. The van der Waals surface area contributed by atoms with E-state index in [1.54, 1.807) is 19.3 Å². The van der Waals surface area contributed by atoms with Crippen molar-refractivity contribution in [1.82, 2.24) is 5.32 Å². The van der Waals surface area contributed by atoms with Crippen molar-refractivity contribution in [1.29, 1.82) is 0 Å². The van der Waals surface area contributed by atoms with Crippen molar-refractivity contribution in [2.45, 2.75) is 82.7 Å². The van der Waals surface area contributed by atoms with Gasteiger partial charge in [0.1, 0.15) is 0 Å². The van der Waals surface area contributed by atoms with E-state index in [0.29, 0.717) is 5.54 Å². The van der Waals surface area contributed by atoms with Crippen LogP contribution in [0, 0.1) is 17.3 Å². The van der Waals surface area contributed by atoms with E-state index in [0.717, 1.165) is 23.3 Å². The summed E-state index contributed by atoms with van der Waals surface area (Å²) in [4.78, 5) is 0. The zero-order valence-electron chi connectivity index (χ0n) is 11.3. The summed E-state index contributed by atoms with van der Waals surface area (Å²) in [6, 6.07) is 0.907. The van der Waals surface area contributed by atoms with Gasteiger partial charge in [0.25, 0.3) is 0 Å². The Morgan fingerprint density at radius 1 is 1.06 bits per heavy atom. The molecule has 0 aliphatic heterocycles. The Hall–Kier alpha value is -0.0400. The van der Waals surface area contributed by atoms with E-state index in [-0.39, 0.29) is 0 Å². The highest BCUT2D eigenvalue weighted by molar-refractivity contribution is 5.13. The normalized spacial score (nSPS) is 52.1. The van der Waals surface area contributed by atoms with Gasteiger partial charge in [-0.05, 0) is 75.0 Å². The number of hydrogen-bond donors (Lipinski definition) is 1. The molecule has 5 saturated carbocycles. The fraction of sp³-hybridized carbons (Fsp3) is 1.00. The predicted octanol–water partition coefficient (Wildman–Crippen LogP) is 3.88. The third-order valence-corrected chi connectivity index (χ3v) is 6.05. The molecule has 5 aliphatic rings. The molecule has 4 bridgehead atoms. The molecule has 5 rings (SSSR count). The molecule has 0 radical (unpaired) electrons. The van der Waals surface area contributed by atoms with Gasteiger partial charge in [0, 0.05) is 11.6 Å². The summed E-state index contributed by atoms with van der Waals surface area (Å²) >= 11 is 0. The Morgan fingerprint density at radius 3 is 2.35 bits per heavy atom. The third-order valence-electron chi connectivity index (χ3n) is 6.05. The van der Waals surface area contributed by atoms with E-state index >= 15 is 0 Å². The first-order valence-corrected chi connectivity index (χ1v) is 7.99. The SMILES string of the molecule is CCCC12CC3CC(C1)CC(NC1CC1)(C3)C2. The quantitative estimate of drug-likeness (QED) is 0.777. The van der Waals surface area contributed by atoms with Crippen LogP contribution in [0.2, 0.25) is 0 Å². The summed E-state index contributed by atoms with van der Waals surface area (Å²) in [6.45, 7) is 2.39. The Kier molecular flexibility index (Phi) is 2.23. The highest BCUT2D eigenvalue weighted by atomic mass is 15.1. The second-order valence-corrected chi connectivity index (χ2v) is 7.91. The molecule has 96 valence electrons. The Labute approximate surface area is 106 Å². The third kappa shape index (κ3) is 1.77. The highest BCUT2D eigenvalue weighted by Crippen LogP contribution is 2.63. The van der Waals surface area contributed by atoms with Gasteiger partial charge in [-0.1, -0.05) is 13.3 Å². The minimum Gasteiger partial charge on any atom is -0.308 e. The molecule has 0 saturated heterocycles. The van der Waals surface area contributed by atoms with Gasteiger partial charge in [-0.25, -0.2) is 0 Å². The summed E-state index contributed by atoms with van der Waals surface area (Å²) in [5, 5.41) is 4.08. The Morgan fingerprint density at radius 2 is 1.76 bits per heavy atom. The van der Waals surface area contributed by atoms with Crippen molar-refractivity contribution in [2.24, 2.45) is 17.3 Å². The summed E-state index contributed by atoms with van der Waals surface area (Å²) < 4.78 is 0. The molecule has 2 unspecified atom stereocenters. The molecule has 0 aromatic rings. The van der Waals surface area contributed by atoms with Crippen LogP contribution in [0.3, 0.4) is 0 Å². The molecular formula is C16H27N. The molecule has 1 nitrogen and oxygen atoms in total. The maximum absolute atomic E-state index is 4.08. The largest absolute Gasteiger partial charge is 0.308 e. The smallest absolute Gasteiger partial charge is 0.0194 e. The van der Waals surface area contributed by atoms with Crippen LogP contribution in [0.5, 0.6) is 0 Å². The Bertz CT molecular complexity index is 298. The van der Waals surface area contributed by atoms with Gasteiger partial charge in [-0.15, -0.1) is 0 Å². The fourth-order valence-electron chi connectivity index (χ4n) is 6.10. The Balaban J connectivity index is 1.60. The lowest BCUT2D eigenvalue weighted by Gasteiger charge is -2.63. The number of nitrogens with one attached hydrogen (secondary N) is 1. The summed E-state index contributed by atoms with van der Waals surface area (Å²) in [6.07, 6.45) is 15.1. The van der Waals surface area contributed by atoms with Gasteiger partial charge < -0.3 is 5.32 Å². The van der Waals surface area contributed by atoms with Crippen LogP contribution in [0.1, 0.15) is 71.1 Å². The van der Waals surface area contributed by atoms with Crippen LogP contribution in [0.25, 0.3) is 0 Å². The molecule has 0 aromatic heterocycles. The van der Waals surface area contributed by atoms with E-state index in [9.17, 15) is 0 Å². The van der Waals surface area contributed by atoms with Gasteiger partial charge in [0.15, 0.2) is 0 Å². The van der Waals surface area contributed by atoms with Crippen LogP contribution in [0.15, 0.2) is 0 Å². The van der Waals surface area contributed by atoms with Crippen LogP contribution in [0.4, 0.5) is 0 Å². The van der Waals surface area contributed by atoms with Crippen LogP contribution < -0.4 is 5.32 Å². The van der Waals surface area contributed by atoms with Gasteiger partial charge in [0.2, 0.25) is 0 Å². The summed E-state index contributed by atoms with van der Waals surface area (Å²) in [5.41, 5.74) is 1.36. The summed E-state index contributed by atoms with van der Waals surface area (Å²) in [5.74, 6) is 2.16. The molecule has 5 aliphatic carbocycles. The highest BCUT2D eigenvalue weighted by Gasteiger charge is 2.57. The molecule has 0 spiro atoms. The molecule has 0 amide bonds. The number of hydrogen-bond acceptors (Lipinski definition) is 1. The molecule has 17 heavy (non-hydrogen) atoms. The minimum absolute atomic E-state index is 0.598. The van der Waals surface area contributed by atoms with E-state index in [4.69, 9.17) is 0 Å². The second-order valence-electron chi connectivity index (χ2n) is 7.91. The van der Waals surface area contributed by atoms with Crippen LogP contribution in [-0.2, 0) is 0 Å². The van der Waals surface area contributed by atoms with E-state index < -0.39 is 0 Å². The molecule has 0 heterocycles. The van der Waals surface area contributed by atoms with E-state index in [1.165, 1.54) is 44.9 Å². The monoisotopic (exact) mass is 233 g/mol. The lowest BCUT2D eigenvalue weighted by atomic mass is 9.46. The number of rotatable bonds is 4. The average molecular weight is 233 g/mol. The predicted molar refractivity (Wildman–Crippen MR) is 70.9 cm³/mol. The topological polar surface area (TPSA) is 12.0 Å². The first-order valence-electron chi connectivity index (χ1n) is 7.99. The van der Waals surface area contributed by atoms with E-state index in [1.807, 2.05) is 0 Å². The standard InChI is InChI=1S/C16H27N/c1-2-5-15-7-12-6-13(8-15)10-16(9-12,11-15)17-14-3-4-14/h12-14,17H,2-11H2,1H3. The zero-order valence-corrected chi connectivity index (χ0v) is 11.3. The van der Waals surface area contributed by atoms with Gasteiger partial charge in [-0.3, -0.25) is 0 Å². The first kappa shape index (κ1) is 10.8. The second kappa shape index (κ2) is 3.50. The van der Waals surface area contributed by atoms with Crippen molar-refractivity contribution >= 4 is 0 Å². The molecule has 5 fully saturated rings. The molecule has 1 heteroatoms. The van der Waals surface area contributed by atoms with Crippen molar-refractivity contribution < 1.29 is 0 Å². The lowest BCUT2D eigenvalue weighted by Crippen LogP contribution is -2.62. The minimum atomic E-state index is 0.598. The first-order chi connectivity index (χ1) is 8.21. The molecule has 0 aromatic carbocycles. The van der Waals surface area contributed by atoms with Gasteiger partial charge in [0.05, 0.1) is 0 Å². The van der Waals surface area contributed by atoms with Crippen molar-refractivity contribution in [3.63, 3.8) is 0 Å². The fourth-order valence-corrected chi connectivity index (χ4v) is 6.10. The average Bonchev–Trinajstić information content (AvgIpc) is 2.98. The van der Waals surface area contributed by atoms with Crippen LogP contribution in [-0.4, -0.2) is 11.6 Å². The molecule has 1 N–H and O–H groups in total. The van der Waals surface area contributed by atoms with Crippen LogP contribution >= 0.6 is 0 Å². The van der Waals surface area contributed by atoms with Crippen molar-refractivity contribution in [3.8, 4) is 0 Å². The van der Waals surface area contributed by atoms with Gasteiger partial charge >= 0.3 is 0 Å². The zero-order chi connectivity index (χ0) is 11.5.